The molecule has 0 aliphatic carbocycles. The zero-order valence-corrected chi connectivity index (χ0v) is 21.6. The van der Waals surface area contributed by atoms with E-state index in [1.807, 2.05) is 0 Å². The summed E-state index contributed by atoms with van der Waals surface area (Å²) in [5, 5.41) is 0. The maximum Gasteiger partial charge on any atom is 0.490 e. The van der Waals surface area contributed by atoms with Crippen LogP contribution in [0.15, 0.2) is 15.8 Å². The van der Waals surface area contributed by atoms with E-state index < -0.39 is 59.8 Å². The van der Waals surface area contributed by atoms with Crippen LogP contribution in [0.4, 0.5) is 0 Å². The number of phosphoric acid groups is 3. The van der Waals surface area contributed by atoms with E-state index in [1.165, 1.54) is 13.1 Å². The second kappa shape index (κ2) is 11.8. The Morgan fingerprint density at radius 3 is 2.44 bits per heavy atom. The van der Waals surface area contributed by atoms with Crippen LogP contribution in [0, 0.1) is 6.92 Å². The van der Waals surface area contributed by atoms with Gasteiger partial charge in [0.25, 0.3) is 5.56 Å². The number of nitrogens with zero attached hydrogens (tertiary/aromatic N) is 1. The fourth-order valence-corrected chi connectivity index (χ4v) is 6.67. The Balaban J connectivity index is 1.71. The summed E-state index contributed by atoms with van der Waals surface area (Å²) in [6.45, 7) is 1.43. The van der Waals surface area contributed by atoms with Crippen molar-refractivity contribution < 1.29 is 60.6 Å². The molecule has 0 radical (unpaired) electrons. The Labute approximate surface area is 203 Å². The number of H-pyrrole nitrogens is 1. The summed E-state index contributed by atoms with van der Waals surface area (Å²) < 4.78 is 64.8. The van der Waals surface area contributed by atoms with Gasteiger partial charge in [-0.05, 0) is 26.2 Å². The van der Waals surface area contributed by atoms with Gasteiger partial charge in [-0.3, -0.25) is 18.9 Å². The van der Waals surface area contributed by atoms with Gasteiger partial charge in [-0.2, -0.15) is 8.62 Å². The topological polar surface area (TPSA) is 242 Å². The minimum atomic E-state index is -5.69. The maximum atomic E-state index is 12.3. The van der Waals surface area contributed by atoms with E-state index in [4.69, 9.17) is 24.0 Å². The molecular weight excluding hydrogens is 553 g/mol. The first-order chi connectivity index (χ1) is 16.6. The van der Waals surface area contributed by atoms with E-state index in [0.29, 0.717) is 6.61 Å². The molecule has 206 valence electrons. The van der Waals surface area contributed by atoms with Crippen LogP contribution >= 0.6 is 23.5 Å². The molecule has 4 unspecified atom stereocenters. The molecule has 1 aromatic rings. The first kappa shape index (κ1) is 29.5. The van der Waals surface area contributed by atoms with Crippen molar-refractivity contribution in [2.24, 2.45) is 0 Å². The Morgan fingerprint density at radius 2 is 1.81 bits per heavy atom. The van der Waals surface area contributed by atoms with Gasteiger partial charge in [0.05, 0.1) is 25.4 Å². The minimum Gasteiger partial charge on any atom is -0.376 e. The van der Waals surface area contributed by atoms with Crippen molar-refractivity contribution in [3.63, 3.8) is 0 Å². The zero-order chi connectivity index (χ0) is 26.7. The summed E-state index contributed by atoms with van der Waals surface area (Å²) in [7, 11) is -16.6. The monoisotopic (exact) mass is 580 g/mol. The lowest BCUT2D eigenvalue weighted by Crippen LogP contribution is -2.33. The fourth-order valence-electron chi connectivity index (χ4n) is 3.64. The molecule has 3 rings (SSSR count). The quantitative estimate of drug-likeness (QED) is 0.223. The van der Waals surface area contributed by atoms with Gasteiger partial charge in [0.2, 0.25) is 0 Å². The van der Waals surface area contributed by atoms with Crippen LogP contribution in [0.1, 0.15) is 37.5 Å². The lowest BCUT2D eigenvalue weighted by Gasteiger charge is -2.25. The number of hydrogen-bond acceptors (Lipinski definition) is 11. The average molecular weight is 580 g/mol. The predicted molar refractivity (Wildman–Crippen MR) is 118 cm³/mol. The van der Waals surface area contributed by atoms with Gasteiger partial charge in [-0.25, -0.2) is 18.5 Å². The Kier molecular flexibility index (Phi) is 9.67. The summed E-state index contributed by atoms with van der Waals surface area (Å²) in [4.78, 5) is 62.4. The van der Waals surface area contributed by atoms with Gasteiger partial charge in [0.1, 0.15) is 12.3 Å². The van der Waals surface area contributed by atoms with Crippen LogP contribution in [0.2, 0.25) is 0 Å². The van der Waals surface area contributed by atoms with Crippen molar-refractivity contribution in [1.82, 2.24) is 9.55 Å². The number of nitrogens with one attached hydrogen (secondary N) is 1. The normalized spacial score (nSPS) is 28.5. The van der Waals surface area contributed by atoms with Gasteiger partial charge in [-0.15, -0.1) is 0 Å². The molecule has 2 saturated heterocycles. The van der Waals surface area contributed by atoms with Crippen LogP contribution in [0.3, 0.4) is 0 Å². The number of rotatable bonds is 11. The summed E-state index contributed by atoms with van der Waals surface area (Å²) >= 11 is 0. The molecule has 2 fully saturated rings. The molecule has 5 N–H and O–H groups in total. The first-order valence-electron chi connectivity index (χ1n) is 10.6. The molecule has 0 amide bonds. The van der Waals surface area contributed by atoms with Crippen molar-refractivity contribution in [2.75, 3.05) is 19.8 Å². The largest absolute Gasteiger partial charge is 0.490 e. The summed E-state index contributed by atoms with van der Waals surface area (Å²) in [6.07, 6.45) is 0.855. The molecule has 20 heteroatoms. The van der Waals surface area contributed by atoms with Gasteiger partial charge >= 0.3 is 29.2 Å². The highest BCUT2D eigenvalue weighted by atomic mass is 31.3. The van der Waals surface area contributed by atoms with Crippen LogP contribution in [-0.4, -0.2) is 67.3 Å². The Bertz CT molecular complexity index is 1170. The van der Waals surface area contributed by atoms with Crippen molar-refractivity contribution in [1.29, 1.82) is 0 Å². The zero-order valence-electron chi connectivity index (χ0n) is 18.9. The van der Waals surface area contributed by atoms with E-state index in [0.717, 1.165) is 23.8 Å². The summed E-state index contributed by atoms with van der Waals surface area (Å²) in [5.74, 6) is 0. The molecule has 0 aromatic carbocycles. The number of phosphoric ester groups is 1. The minimum absolute atomic E-state index is 0.0581. The number of aromatic nitrogens is 2. The Morgan fingerprint density at radius 1 is 1.08 bits per heavy atom. The standard InChI is InChI=1S/C16H27N2O15P3/c1-10-7-18(16(20)17-15(10)19)14-6-12(29-8-11-4-2-3-5-28-11)13(31-14)9-30-35(24,25)33-36(26,27)32-34(21,22)23/h7,11-14H,2-6,8-9H2,1H3,(H,24,25)(H,26,27)(H,17,19,20)(H2,21,22,23)/t11?,12-,13?,14-/m1/s1. The van der Waals surface area contributed by atoms with Gasteiger partial charge in [-0.1, -0.05) is 0 Å². The summed E-state index contributed by atoms with van der Waals surface area (Å²) in [5.41, 5.74) is -1.12. The van der Waals surface area contributed by atoms with Gasteiger partial charge in [0.15, 0.2) is 0 Å². The third-order valence-electron chi connectivity index (χ3n) is 5.22. The lowest BCUT2D eigenvalue weighted by molar-refractivity contribution is -0.0925. The molecule has 6 atom stereocenters. The number of aromatic amines is 1. The molecule has 36 heavy (non-hydrogen) atoms. The van der Waals surface area contributed by atoms with Gasteiger partial charge in [0, 0.05) is 24.8 Å². The smallest absolute Gasteiger partial charge is 0.376 e. The van der Waals surface area contributed by atoms with Crippen LogP contribution in [0.5, 0.6) is 0 Å². The number of aryl methyl sites for hydroxylation is 1. The van der Waals surface area contributed by atoms with Crippen LogP contribution in [0.25, 0.3) is 0 Å². The van der Waals surface area contributed by atoms with E-state index >= 15 is 0 Å². The molecule has 1 aromatic heterocycles. The fraction of sp³-hybridized carbons (Fsp3) is 0.750. The SMILES string of the molecule is Cc1cn([C@H]2C[C@@H](OCC3CCCCO3)C(COP(=O)(O)OP(=O)(O)OP(=O)(O)O)O2)c(=O)[nH]c1=O. The van der Waals surface area contributed by atoms with E-state index in [9.17, 15) is 33.1 Å². The number of hydrogen-bond donors (Lipinski definition) is 5. The van der Waals surface area contributed by atoms with Crippen molar-refractivity contribution in [2.45, 2.75) is 57.1 Å². The molecule has 17 nitrogen and oxygen atoms in total. The van der Waals surface area contributed by atoms with E-state index in [-0.39, 0.29) is 24.7 Å². The van der Waals surface area contributed by atoms with Gasteiger partial charge < -0.3 is 33.8 Å². The Hall–Kier alpha value is -1.03. The maximum absolute atomic E-state index is 12.3. The lowest BCUT2D eigenvalue weighted by atomic mass is 10.1. The second-order valence-corrected chi connectivity index (χ2v) is 12.5. The molecule has 0 spiro atoms. The third-order valence-corrected chi connectivity index (χ3v) is 9.03. The van der Waals surface area contributed by atoms with E-state index in [2.05, 4.69) is 18.1 Å². The molecule has 2 aliphatic rings. The first-order valence-corrected chi connectivity index (χ1v) is 15.2. The average Bonchev–Trinajstić information content (AvgIpc) is 3.14. The predicted octanol–water partition coefficient (Wildman–Crippen LogP) is 0.430. The molecule has 0 saturated carbocycles. The molecule has 3 heterocycles. The summed E-state index contributed by atoms with van der Waals surface area (Å²) in [6, 6.07) is 0. The number of ether oxygens (including phenoxy) is 3. The highest BCUT2D eigenvalue weighted by Crippen LogP contribution is 2.66. The highest BCUT2D eigenvalue weighted by molar-refractivity contribution is 7.66. The van der Waals surface area contributed by atoms with Crippen LogP contribution < -0.4 is 11.2 Å². The van der Waals surface area contributed by atoms with Crippen molar-refractivity contribution in [3.05, 3.63) is 32.6 Å². The highest BCUT2D eigenvalue weighted by Gasteiger charge is 2.43. The van der Waals surface area contributed by atoms with Crippen molar-refractivity contribution >= 4 is 23.5 Å². The van der Waals surface area contributed by atoms with E-state index in [1.54, 1.807) is 0 Å². The molecule has 2 aliphatic heterocycles. The van der Waals surface area contributed by atoms with Crippen LogP contribution in [-0.2, 0) is 41.1 Å². The van der Waals surface area contributed by atoms with Crippen molar-refractivity contribution in [3.8, 4) is 0 Å². The third kappa shape index (κ3) is 8.77. The molecule has 0 bridgehead atoms. The second-order valence-electron chi connectivity index (χ2n) is 8.09. The molecular formula is C16H27N2O15P3.